The van der Waals surface area contributed by atoms with E-state index < -0.39 is 6.09 Å². The third-order valence-corrected chi connectivity index (χ3v) is 6.09. The van der Waals surface area contributed by atoms with E-state index in [1.807, 2.05) is 61.5 Å². The third-order valence-electron chi connectivity index (χ3n) is 6.09. The topological polar surface area (TPSA) is 98.9 Å². The first-order chi connectivity index (χ1) is 16.0. The summed E-state index contributed by atoms with van der Waals surface area (Å²) in [5.74, 6) is -0.235. The summed E-state index contributed by atoms with van der Waals surface area (Å²) in [6, 6.07) is 22.9. The van der Waals surface area contributed by atoms with Gasteiger partial charge in [-0.25, -0.2) is 4.79 Å². The van der Waals surface area contributed by atoms with E-state index in [0.717, 1.165) is 29.8 Å². The lowest BCUT2D eigenvalue weighted by Gasteiger charge is -2.25. The molecule has 0 aromatic heterocycles. The summed E-state index contributed by atoms with van der Waals surface area (Å²) in [5, 5.41) is 12.3. The fourth-order valence-corrected chi connectivity index (χ4v) is 4.27. The standard InChI is InChI=1S/C26H28N4O3/c1-2-30(26(32)33)22-14-15-29(17-22)21-11-8-19(9-12-21)25(31)28-24-16-20(10-13-23(24)27)18-6-4-3-5-7-18/h3-13,16,22H,2,14-15,17,27H2,1H3,(H,28,31)(H,32,33). The van der Waals surface area contributed by atoms with Crippen molar-refractivity contribution >= 4 is 29.1 Å². The average Bonchev–Trinajstić information content (AvgIpc) is 3.31. The number of rotatable bonds is 6. The zero-order valence-electron chi connectivity index (χ0n) is 18.6. The summed E-state index contributed by atoms with van der Waals surface area (Å²) >= 11 is 0. The molecule has 1 saturated heterocycles. The molecule has 0 spiro atoms. The van der Waals surface area contributed by atoms with Gasteiger partial charge in [0, 0.05) is 30.9 Å². The van der Waals surface area contributed by atoms with E-state index in [2.05, 4.69) is 10.2 Å². The number of amides is 2. The van der Waals surface area contributed by atoms with Gasteiger partial charge >= 0.3 is 6.09 Å². The first kappa shape index (κ1) is 22.2. The maximum atomic E-state index is 12.8. The number of hydrogen-bond acceptors (Lipinski definition) is 4. The van der Waals surface area contributed by atoms with Gasteiger partial charge in [-0.2, -0.15) is 0 Å². The van der Waals surface area contributed by atoms with Crippen molar-refractivity contribution in [3.63, 3.8) is 0 Å². The van der Waals surface area contributed by atoms with Crippen LogP contribution in [0.4, 0.5) is 21.9 Å². The smallest absolute Gasteiger partial charge is 0.407 e. The molecule has 170 valence electrons. The number of carbonyl (C=O) groups excluding carboxylic acids is 1. The van der Waals surface area contributed by atoms with Gasteiger partial charge in [-0.15, -0.1) is 0 Å². The molecule has 2 amide bonds. The molecule has 0 radical (unpaired) electrons. The van der Waals surface area contributed by atoms with E-state index in [-0.39, 0.29) is 11.9 Å². The van der Waals surface area contributed by atoms with E-state index in [1.54, 1.807) is 18.2 Å². The van der Waals surface area contributed by atoms with Crippen molar-refractivity contribution in [2.24, 2.45) is 0 Å². The van der Waals surface area contributed by atoms with Gasteiger partial charge in [-0.3, -0.25) is 4.79 Å². The Hall–Kier alpha value is -4.00. The molecule has 3 aromatic carbocycles. The Bertz CT molecular complexity index is 1130. The van der Waals surface area contributed by atoms with Crippen LogP contribution in [-0.4, -0.2) is 47.7 Å². The molecule has 1 fully saturated rings. The molecule has 0 bridgehead atoms. The fourth-order valence-electron chi connectivity index (χ4n) is 4.27. The minimum Gasteiger partial charge on any atom is -0.465 e. The number of carboxylic acid groups (broad SMARTS) is 1. The lowest BCUT2D eigenvalue weighted by molar-refractivity contribution is 0.102. The summed E-state index contributed by atoms with van der Waals surface area (Å²) in [4.78, 5) is 27.9. The van der Waals surface area contributed by atoms with Gasteiger partial charge < -0.3 is 26.0 Å². The molecule has 33 heavy (non-hydrogen) atoms. The SMILES string of the molecule is CCN(C(=O)O)C1CCN(c2ccc(C(=O)Nc3cc(-c4ccccc4)ccc3N)cc2)C1. The highest BCUT2D eigenvalue weighted by Gasteiger charge is 2.29. The number of nitrogens with two attached hydrogens (primary N) is 1. The van der Waals surface area contributed by atoms with Crippen molar-refractivity contribution in [2.75, 3.05) is 35.6 Å². The quantitative estimate of drug-likeness (QED) is 0.476. The largest absolute Gasteiger partial charge is 0.465 e. The first-order valence-electron chi connectivity index (χ1n) is 11.1. The summed E-state index contributed by atoms with van der Waals surface area (Å²) in [5.41, 5.74) is 10.7. The predicted molar refractivity (Wildman–Crippen MR) is 132 cm³/mol. The van der Waals surface area contributed by atoms with Crippen molar-refractivity contribution in [2.45, 2.75) is 19.4 Å². The molecule has 7 heteroatoms. The van der Waals surface area contributed by atoms with E-state index in [9.17, 15) is 14.7 Å². The van der Waals surface area contributed by atoms with Crippen molar-refractivity contribution in [3.05, 3.63) is 78.4 Å². The van der Waals surface area contributed by atoms with E-state index in [1.165, 1.54) is 4.90 Å². The highest BCUT2D eigenvalue weighted by atomic mass is 16.4. The van der Waals surface area contributed by atoms with Gasteiger partial charge in [0.1, 0.15) is 0 Å². The van der Waals surface area contributed by atoms with Crippen molar-refractivity contribution in [3.8, 4) is 11.1 Å². The third kappa shape index (κ3) is 4.92. The number of carbonyl (C=O) groups is 2. The zero-order valence-corrected chi connectivity index (χ0v) is 18.6. The molecule has 3 aromatic rings. The zero-order chi connectivity index (χ0) is 23.4. The Morgan fingerprint density at radius 1 is 1.06 bits per heavy atom. The van der Waals surface area contributed by atoms with Crippen molar-refractivity contribution in [1.82, 2.24) is 4.90 Å². The molecule has 4 rings (SSSR count). The minimum absolute atomic E-state index is 0.0182. The van der Waals surface area contributed by atoms with Crippen LogP contribution in [-0.2, 0) is 0 Å². The van der Waals surface area contributed by atoms with Gasteiger partial charge in [0.15, 0.2) is 0 Å². The van der Waals surface area contributed by atoms with Gasteiger partial charge in [-0.05, 0) is 60.9 Å². The molecule has 0 saturated carbocycles. The molecular weight excluding hydrogens is 416 g/mol. The fraction of sp³-hybridized carbons (Fsp3) is 0.231. The van der Waals surface area contributed by atoms with Crippen LogP contribution in [0.3, 0.4) is 0 Å². The number of hydrogen-bond donors (Lipinski definition) is 3. The van der Waals surface area contributed by atoms with Gasteiger partial charge in [0.25, 0.3) is 5.91 Å². The minimum atomic E-state index is -0.882. The number of nitrogens with zero attached hydrogens (tertiary/aromatic N) is 2. The number of nitrogens with one attached hydrogen (secondary N) is 1. The summed E-state index contributed by atoms with van der Waals surface area (Å²) < 4.78 is 0. The van der Waals surface area contributed by atoms with Crippen molar-refractivity contribution in [1.29, 1.82) is 0 Å². The van der Waals surface area contributed by atoms with Crippen LogP contribution < -0.4 is 16.0 Å². The molecule has 1 atom stereocenters. The van der Waals surface area contributed by atoms with Gasteiger partial charge in [0.2, 0.25) is 0 Å². The maximum absolute atomic E-state index is 12.8. The van der Waals surface area contributed by atoms with E-state index in [0.29, 0.717) is 30.0 Å². The molecule has 1 aliphatic rings. The van der Waals surface area contributed by atoms with Gasteiger partial charge in [-0.1, -0.05) is 36.4 Å². The second-order valence-corrected chi connectivity index (χ2v) is 8.13. The van der Waals surface area contributed by atoms with Crippen LogP contribution in [0.1, 0.15) is 23.7 Å². The Labute approximate surface area is 193 Å². The van der Waals surface area contributed by atoms with Gasteiger partial charge in [0.05, 0.1) is 17.4 Å². The summed E-state index contributed by atoms with van der Waals surface area (Å²) in [6.45, 7) is 3.76. The van der Waals surface area contributed by atoms with Crippen LogP contribution in [0, 0.1) is 0 Å². The normalized spacial score (nSPS) is 15.3. The Morgan fingerprint density at radius 2 is 1.79 bits per heavy atom. The van der Waals surface area contributed by atoms with Crippen LogP contribution in [0.25, 0.3) is 11.1 Å². The highest BCUT2D eigenvalue weighted by molar-refractivity contribution is 6.06. The molecular formula is C26H28N4O3. The van der Waals surface area contributed by atoms with Crippen LogP contribution in [0.15, 0.2) is 72.8 Å². The van der Waals surface area contributed by atoms with E-state index in [4.69, 9.17) is 5.73 Å². The molecule has 1 unspecified atom stereocenters. The maximum Gasteiger partial charge on any atom is 0.407 e. The Morgan fingerprint density at radius 3 is 2.45 bits per heavy atom. The molecule has 1 heterocycles. The van der Waals surface area contributed by atoms with Crippen LogP contribution in [0.5, 0.6) is 0 Å². The predicted octanol–water partition coefficient (Wildman–Crippen LogP) is 4.77. The number of anilines is 3. The van der Waals surface area contributed by atoms with Crippen LogP contribution in [0.2, 0.25) is 0 Å². The van der Waals surface area contributed by atoms with Crippen LogP contribution >= 0.6 is 0 Å². The Kier molecular flexibility index (Phi) is 6.49. The first-order valence-corrected chi connectivity index (χ1v) is 11.1. The number of nitrogen functional groups attached to an aromatic ring is 1. The lowest BCUT2D eigenvalue weighted by atomic mass is 10.0. The van der Waals surface area contributed by atoms with E-state index >= 15 is 0 Å². The average molecular weight is 445 g/mol. The second-order valence-electron chi connectivity index (χ2n) is 8.13. The Balaban J connectivity index is 1.44. The lowest BCUT2D eigenvalue weighted by Crippen LogP contribution is -2.41. The molecule has 1 aliphatic heterocycles. The number of likely N-dealkylation sites (N-methyl/N-ethyl adjacent to an activating group) is 1. The molecule has 0 aliphatic carbocycles. The van der Waals surface area contributed by atoms with Crippen molar-refractivity contribution < 1.29 is 14.7 Å². The summed E-state index contributed by atoms with van der Waals surface area (Å²) in [6.07, 6.45) is -0.0913. The highest BCUT2D eigenvalue weighted by Crippen LogP contribution is 2.28. The monoisotopic (exact) mass is 444 g/mol. The second kappa shape index (κ2) is 9.65. The summed E-state index contributed by atoms with van der Waals surface area (Å²) in [7, 11) is 0. The molecule has 4 N–H and O–H groups in total. The number of benzene rings is 3. The molecule has 7 nitrogen and oxygen atoms in total.